The van der Waals surface area contributed by atoms with Crippen LogP contribution in [0.25, 0.3) is 22.8 Å². The molecule has 1 heterocycles. The third-order valence-electron chi connectivity index (χ3n) is 4.05. The van der Waals surface area contributed by atoms with Crippen LogP contribution in [-0.4, -0.2) is 30.3 Å². The van der Waals surface area contributed by atoms with Gasteiger partial charge in [0.25, 0.3) is 5.89 Å². The van der Waals surface area contributed by atoms with Crippen molar-refractivity contribution in [3.63, 3.8) is 0 Å². The summed E-state index contributed by atoms with van der Waals surface area (Å²) in [6.07, 6.45) is 0.467. The number of rotatable bonds is 7. The molecule has 0 aliphatic carbocycles. The van der Waals surface area contributed by atoms with Crippen LogP contribution in [0.3, 0.4) is 0 Å². The molecule has 146 valence electrons. The number of carbonyl (C=O) groups excluding carboxylic acids is 1. The predicted octanol–water partition coefficient (Wildman–Crippen LogP) is 4.41. The molecule has 0 aliphatic heterocycles. The van der Waals surface area contributed by atoms with Crippen molar-refractivity contribution in [3.8, 4) is 34.3 Å². The number of carbonyl (C=O) groups is 1. The standard InChI is InChI=1S/C21H23N3O4/c1-13(2)10-19(25)22-16-7-5-6-15(11-16)21-23-20(24-28-21)14-8-9-17(26-3)18(12-14)27-4/h5-9,11-13H,10H2,1-4H3,(H,22,25). The van der Waals surface area contributed by atoms with Gasteiger partial charge in [0.15, 0.2) is 11.5 Å². The highest BCUT2D eigenvalue weighted by Gasteiger charge is 2.14. The minimum absolute atomic E-state index is 0.0244. The smallest absolute Gasteiger partial charge is 0.258 e. The van der Waals surface area contributed by atoms with E-state index in [1.54, 1.807) is 26.4 Å². The third-order valence-corrected chi connectivity index (χ3v) is 4.05. The highest BCUT2D eigenvalue weighted by Crippen LogP contribution is 2.32. The second kappa shape index (κ2) is 8.56. The van der Waals surface area contributed by atoms with E-state index in [-0.39, 0.29) is 5.91 Å². The van der Waals surface area contributed by atoms with Gasteiger partial charge in [-0.1, -0.05) is 25.1 Å². The van der Waals surface area contributed by atoms with Crippen LogP contribution in [0.4, 0.5) is 5.69 Å². The van der Waals surface area contributed by atoms with Gasteiger partial charge in [0.2, 0.25) is 11.7 Å². The number of nitrogens with one attached hydrogen (secondary N) is 1. The first-order valence-electron chi connectivity index (χ1n) is 8.96. The van der Waals surface area contributed by atoms with Crippen molar-refractivity contribution < 1.29 is 18.8 Å². The molecule has 0 aliphatic rings. The van der Waals surface area contributed by atoms with E-state index in [2.05, 4.69) is 15.5 Å². The highest BCUT2D eigenvalue weighted by atomic mass is 16.5. The summed E-state index contributed by atoms with van der Waals surface area (Å²) in [5.74, 6) is 2.28. The lowest BCUT2D eigenvalue weighted by molar-refractivity contribution is -0.116. The zero-order valence-corrected chi connectivity index (χ0v) is 16.4. The van der Waals surface area contributed by atoms with Gasteiger partial charge in [-0.25, -0.2) is 0 Å². The zero-order chi connectivity index (χ0) is 20.1. The summed E-state index contributed by atoms with van der Waals surface area (Å²) in [6, 6.07) is 12.7. The number of methoxy groups -OCH3 is 2. The topological polar surface area (TPSA) is 86.5 Å². The van der Waals surface area contributed by atoms with Crippen molar-refractivity contribution in [2.45, 2.75) is 20.3 Å². The first kappa shape index (κ1) is 19.4. The molecule has 7 nitrogen and oxygen atoms in total. The number of ether oxygens (including phenoxy) is 2. The van der Waals surface area contributed by atoms with Crippen LogP contribution < -0.4 is 14.8 Å². The molecule has 0 fully saturated rings. The predicted molar refractivity (Wildman–Crippen MR) is 106 cm³/mol. The Balaban J connectivity index is 1.82. The van der Waals surface area contributed by atoms with Gasteiger partial charge in [-0.15, -0.1) is 0 Å². The molecule has 0 saturated carbocycles. The molecule has 0 atom stereocenters. The lowest BCUT2D eigenvalue weighted by Crippen LogP contribution is -2.13. The fraction of sp³-hybridized carbons (Fsp3) is 0.286. The van der Waals surface area contributed by atoms with Crippen LogP contribution in [-0.2, 0) is 4.79 Å². The number of amides is 1. The van der Waals surface area contributed by atoms with Gasteiger partial charge in [-0.05, 0) is 42.3 Å². The third kappa shape index (κ3) is 4.49. The van der Waals surface area contributed by atoms with E-state index in [9.17, 15) is 4.79 Å². The minimum Gasteiger partial charge on any atom is -0.493 e. The number of anilines is 1. The Hall–Kier alpha value is -3.35. The zero-order valence-electron chi connectivity index (χ0n) is 16.4. The summed E-state index contributed by atoms with van der Waals surface area (Å²) in [4.78, 5) is 16.5. The van der Waals surface area contributed by atoms with Crippen molar-refractivity contribution in [1.29, 1.82) is 0 Å². The van der Waals surface area contributed by atoms with Crippen molar-refractivity contribution >= 4 is 11.6 Å². The van der Waals surface area contributed by atoms with Gasteiger partial charge >= 0.3 is 0 Å². The summed E-state index contributed by atoms with van der Waals surface area (Å²) < 4.78 is 16.0. The molecule has 3 rings (SSSR count). The lowest BCUT2D eigenvalue weighted by Gasteiger charge is -2.08. The van der Waals surface area contributed by atoms with Crippen molar-refractivity contribution in [2.75, 3.05) is 19.5 Å². The van der Waals surface area contributed by atoms with Gasteiger partial charge < -0.3 is 19.3 Å². The van der Waals surface area contributed by atoms with Crippen LogP contribution in [0.5, 0.6) is 11.5 Å². The lowest BCUT2D eigenvalue weighted by atomic mass is 10.1. The summed E-state index contributed by atoms with van der Waals surface area (Å²) in [7, 11) is 3.15. The number of hydrogen-bond donors (Lipinski definition) is 1. The number of hydrogen-bond acceptors (Lipinski definition) is 6. The maximum Gasteiger partial charge on any atom is 0.258 e. The Morgan fingerprint density at radius 2 is 1.86 bits per heavy atom. The maximum atomic E-state index is 12.0. The first-order valence-corrected chi connectivity index (χ1v) is 8.96. The Morgan fingerprint density at radius 1 is 1.07 bits per heavy atom. The van der Waals surface area contributed by atoms with Crippen molar-refractivity contribution in [1.82, 2.24) is 10.1 Å². The number of benzene rings is 2. The fourth-order valence-electron chi connectivity index (χ4n) is 2.75. The molecule has 0 spiro atoms. The number of aromatic nitrogens is 2. The molecule has 3 aromatic rings. The monoisotopic (exact) mass is 381 g/mol. The summed E-state index contributed by atoms with van der Waals surface area (Å²) in [5.41, 5.74) is 2.16. The average molecular weight is 381 g/mol. The van der Waals surface area contributed by atoms with Gasteiger partial charge in [-0.3, -0.25) is 4.79 Å². The molecule has 7 heteroatoms. The second-order valence-corrected chi connectivity index (χ2v) is 6.72. The summed E-state index contributed by atoms with van der Waals surface area (Å²) in [5, 5.41) is 6.94. The Morgan fingerprint density at radius 3 is 2.57 bits per heavy atom. The maximum absolute atomic E-state index is 12.0. The van der Waals surface area contributed by atoms with E-state index >= 15 is 0 Å². The minimum atomic E-state index is -0.0244. The molecule has 1 aromatic heterocycles. The molecular formula is C21H23N3O4. The van der Waals surface area contributed by atoms with E-state index in [0.717, 1.165) is 11.1 Å². The second-order valence-electron chi connectivity index (χ2n) is 6.72. The van der Waals surface area contributed by atoms with E-state index < -0.39 is 0 Å². The average Bonchev–Trinajstić information content (AvgIpc) is 3.17. The SMILES string of the molecule is COc1ccc(-c2noc(-c3cccc(NC(=O)CC(C)C)c3)n2)cc1OC. The van der Waals surface area contributed by atoms with Crippen molar-refractivity contribution in [3.05, 3.63) is 42.5 Å². The summed E-state index contributed by atoms with van der Waals surface area (Å²) >= 11 is 0. The number of nitrogens with zero attached hydrogens (tertiary/aromatic N) is 2. The molecule has 1 amide bonds. The first-order chi connectivity index (χ1) is 13.5. The van der Waals surface area contributed by atoms with Gasteiger partial charge in [-0.2, -0.15) is 4.98 Å². The van der Waals surface area contributed by atoms with E-state index in [0.29, 0.717) is 41.2 Å². The molecule has 28 heavy (non-hydrogen) atoms. The largest absolute Gasteiger partial charge is 0.493 e. The molecule has 0 saturated heterocycles. The molecule has 0 unspecified atom stereocenters. The van der Waals surface area contributed by atoms with E-state index in [4.69, 9.17) is 14.0 Å². The molecular weight excluding hydrogens is 358 g/mol. The van der Waals surface area contributed by atoms with Crippen LogP contribution >= 0.6 is 0 Å². The Labute approximate surface area is 163 Å². The van der Waals surface area contributed by atoms with Crippen LogP contribution in [0.1, 0.15) is 20.3 Å². The van der Waals surface area contributed by atoms with Crippen molar-refractivity contribution in [2.24, 2.45) is 5.92 Å². The fourth-order valence-corrected chi connectivity index (χ4v) is 2.75. The Bertz CT molecular complexity index is 966. The molecule has 1 N–H and O–H groups in total. The Kier molecular flexibility index (Phi) is 5.93. The van der Waals surface area contributed by atoms with Gasteiger partial charge in [0.05, 0.1) is 14.2 Å². The van der Waals surface area contributed by atoms with Gasteiger partial charge in [0, 0.05) is 23.2 Å². The van der Waals surface area contributed by atoms with Gasteiger partial charge in [0.1, 0.15) is 0 Å². The normalized spacial score (nSPS) is 10.8. The highest BCUT2D eigenvalue weighted by molar-refractivity contribution is 5.91. The van der Waals surface area contributed by atoms with E-state index in [1.807, 2.05) is 44.2 Å². The van der Waals surface area contributed by atoms with Crippen LogP contribution in [0.15, 0.2) is 47.0 Å². The quantitative estimate of drug-likeness (QED) is 0.652. The molecule has 2 aromatic carbocycles. The summed E-state index contributed by atoms with van der Waals surface area (Å²) in [6.45, 7) is 4.01. The van der Waals surface area contributed by atoms with Crippen LogP contribution in [0.2, 0.25) is 0 Å². The molecule has 0 radical (unpaired) electrons. The van der Waals surface area contributed by atoms with E-state index in [1.165, 1.54) is 0 Å². The molecule has 0 bridgehead atoms. The van der Waals surface area contributed by atoms with Crippen LogP contribution in [0, 0.1) is 5.92 Å².